The Morgan fingerprint density at radius 3 is 1.15 bits per heavy atom. The first-order valence-corrected chi connectivity index (χ1v) is 26.8. The van der Waals surface area contributed by atoms with Gasteiger partial charge in [0, 0.05) is 19.8 Å². The molecule has 5 heteroatoms. The van der Waals surface area contributed by atoms with Crippen LogP contribution in [0.2, 0.25) is 0 Å². The van der Waals surface area contributed by atoms with Crippen LogP contribution in [0.15, 0.2) is 48.6 Å². The predicted molar refractivity (Wildman–Crippen MR) is 270 cm³/mol. The number of hydrogen-bond donors (Lipinski definition) is 0. The van der Waals surface area contributed by atoms with E-state index in [4.69, 9.17) is 18.9 Å². The molecule has 2 atom stereocenters. The normalized spacial score (nSPS) is 13.4. The van der Waals surface area contributed by atoms with E-state index in [1.54, 1.807) is 0 Å². The van der Waals surface area contributed by atoms with Gasteiger partial charge in [0.15, 0.2) is 0 Å². The van der Waals surface area contributed by atoms with Crippen molar-refractivity contribution in [2.24, 2.45) is 0 Å². The molecular weight excluding hydrogens is 751 g/mol. The molecule has 0 N–H and O–H groups in total. The molecule has 61 heavy (non-hydrogen) atoms. The van der Waals surface area contributed by atoms with Crippen LogP contribution in [0.4, 0.5) is 0 Å². The maximum Gasteiger partial charge on any atom is 0.104 e. The van der Waals surface area contributed by atoms with Crippen LogP contribution in [0, 0.1) is 0 Å². The Morgan fingerprint density at radius 1 is 0.344 bits per heavy atom. The topological polar surface area (TPSA) is 40.2 Å². The fourth-order valence-electron chi connectivity index (χ4n) is 7.56. The maximum atomic E-state index is 6.45. The highest BCUT2D eigenvalue weighted by Crippen LogP contribution is 2.13. The van der Waals surface area contributed by atoms with Gasteiger partial charge in [-0.1, -0.05) is 191 Å². The Kier molecular flexibility index (Phi) is 52.0. The van der Waals surface area contributed by atoms with Crippen LogP contribution in [0.25, 0.3) is 0 Å². The SMILES string of the molecule is CCCCC/C=C\C/C=C\CCCCCCCCOCC(COCC(CCCN(C)C)OCCCCCCCC/C=C\C/C=C\CCCCC)OCCCCCCCCCC. The highest BCUT2D eigenvalue weighted by atomic mass is 16.6. The van der Waals surface area contributed by atoms with Crippen LogP contribution < -0.4 is 0 Å². The summed E-state index contributed by atoms with van der Waals surface area (Å²) in [6.07, 6.45) is 62.0. The standard InChI is InChI=1S/C56H107NO4/c1-6-9-12-15-18-21-23-25-27-29-31-33-35-37-40-43-49-58-53-56(61-51-45-42-38-20-17-14-11-8-3)54-59-52-55(47-46-48-57(4)5)60-50-44-41-39-36-34-32-30-28-26-24-22-19-16-13-10-7-2/h18-19,21-22,25-28,55-56H,6-17,20,23-24,29-54H2,1-5H3/b21-18-,22-19-,27-25-,28-26-. The van der Waals surface area contributed by atoms with Crippen LogP contribution in [-0.2, 0) is 18.9 Å². The van der Waals surface area contributed by atoms with Crippen molar-refractivity contribution in [3.8, 4) is 0 Å². The van der Waals surface area contributed by atoms with Gasteiger partial charge in [-0.25, -0.2) is 0 Å². The average Bonchev–Trinajstić information content (AvgIpc) is 3.25. The van der Waals surface area contributed by atoms with E-state index in [0.29, 0.717) is 19.8 Å². The first kappa shape index (κ1) is 59.8. The van der Waals surface area contributed by atoms with E-state index in [1.807, 2.05) is 0 Å². The van der Waals surface area contributed by atoms with Crippen molar-refractivity contribution in [2.45, 2.75) is 251 Å². The lowest BCUT2D eigenvalue weighted by Crippen LogP contribution is -2.30. The van der Waals surface area contributed by atoms with E-state index < -0.39 is 0 Å². The van der Waals surface area contributed by atoms with Gasteiger partial charge in [-0.05, 0) is 117 Å². The second-order valence-corrected chi connectivity index (χ2v) is 18.2. The van der Waals surface area contributed by atoms with E-state index in [2.05, 4.69) is 88.4 Å². The minimum absolute atomic E-state index is 0.00997. The second-order valence-electron chi connectivity index (χ2n) is 18.2. The largest absolute Gasteiger partial charge is 0.379 e. The molecule has 0 saturated carbocycles. The molecule has 5 nitrogen and oxygen atoms in total. The Labute approximate surface area is 382 Å². The van der Waals surface area contributed by atoms with Crippen molar-refractivity contribution < 1.29 is 18.9 Å². The van der Waals surface area contributed by atoms with Crippen molar-refractivity contribution in [3.05, 3.63) is 48.6 Å². The van der Waals surface area contributed by atoms with Gasteiger partial charge in [-0.15, -0.1) is 0 Å². The zero-order valence-corrected chi connectivity index (χ0v) is 41.8. The third-order valence-electron chi connectivity index (χ3n) is 11.6. The van der Waals surface area contributed by atoms with Gasteiger partial charge in [0.2, 0.25) is 0 Å². The molecule has 0 bridgehead atoms. The third kappa shape index (κ3) is 51.3. The molecule has 0 saturated heterocycles. The molecule has 0 heterocycles. The summed E-state index contributed by atoms with van der Waals surface area (Å²) in [5, 5.41) is 0. The zero-order valence-electron chi connectivity index (χ0n) is 41.8. The molecule has 0 aliphatic carbocycles. The van der Waals surface area contributed by atoms with Crippen molar-refractivity contribution in [3.63, 3.8) is 0 Å². The second kappa shape index (κ2) is 53.1. The van der Waals surface area contributed by atoms with Gasteiger partial charge in [-0.3, -0.25) is 0 Å². The van der Waals surface area contributed by atoms with E-state index in [-0.39, 0.29) is 12.2 Å². The van der Waals surface area contributed by atoms with Gasteiger partial charge in [0.25, 0.3) is 0 Å². The number of ether oxygens (including phenoxy) is 4. The van der Waals surface area contributed by atoms with Crippen molar-refractivity contribution in [1.29, 1.82) is 0 Å². The van der Waals surface area contributed by atoms with Gasteiger partial charge in [-0.2, -0.15) is 0 Å². The molecule has 0 radical (unpaired) electrons. The minimum Gasteiger partial charge on any atom is -0.379 e. The Balaban J connectivity index is 4.44. The molecule has 0 fully saturated rings. The first-order chi connectivity index (χ1) is 30.1. The van der Waals surface area contributed by atoms with Crippen LogP contribution in [-0.4, -0.2) is 77.4 Å². The molecule has 0 aromatic heterocycles. The van der Waals surface area contributed by atoms with Crippen LogP contribution in [0.5, 0.6) is 0 Å². The lowest BCUT2D eigenvalue weighted by atomic mass is 10.1. The molecule has 0 rings (SSSR count). The Morgan fingerprint density at radius 2 is 0.689 bits per heavy atom. The molecule has 0 amide bonds. The summed E-state index contributed by atoms with van der Waals surface area (Å²) < 4.78 is 25.4. The summed E-state index contributed by atoms with van der Waals surface area (Å²) in [6, 6.07) is 0. The molecule has 0 aromatic rings. The predicted octanol–water partition coefficient (Wildman–Crippen LogP) is 16.9. The summed E-state index contributed by atoms with van der Waals surface area (Å²) in [7, 11) is 4.31. The molecule has 0 aromatic carbocycles. The molecule has 0 aliphatic heterocycles. The highest BCUT2D eigenvalue weighted by Gasteiger charge is 2.14. The van der Waals surface area contributed by atoms with Gasteiger partial charge in [0.05, 0.1) is 25.9 Å². The lowest BCUT2D eigenvalue weighted by Gasteiger charge is -2.22. The number of nitrogens with zero attached hydrogens (tertiary/aromatic N) is 1. The van der Waals surface area contributed by atoms with E-state index in [9.17, 15) is 0 Å². The number of unbranched alkanes of at least 4 members (excludes halogenated alkanes) is 25. The molecule has 0 aliphatic rings. The Hall–Kier alpha value is -1.24. The number of hydrogen-bond acceptors (Lipinski definition) is 5. The van der Waals surface area contributed by atoms with E-state index in [1.165, 1.54) is 173 Å². The summed E-state index contributed by atoms with van der Waals surface area (Å²) in [6.45, 7) is 12.2. The summed E-state index contributed by atoms with van der Waals surface area (Å²) in [5.41, 5.74) is 0. The molecule has 360 valence electrons. The quantitative estimate of drug-likeness (QED) is 0.0450. The van der Waals surface area contributed by atoms with Crippen molar-refractivity contribution in [1.82, 2.24) is 4.90 Å². The summed E-state index contributed by atoms with van der Waals surface area (Å²) in [5.74, 6) is 0. The average molecular weight is 858 g/mol. The van der Waals surface area contributed by atoms with E-state index >= 15 is 0 Å². The number of rotatable bonds is 51. The molecule has 2 unspecified atom stereocenters. The summed E-state index contributed by atoms with van der Waals surface area (Å²) >= 11 is 0. The molecular formula is C56H107NO4. The smallest absolute Gasteiger partial charge is 0.104 e. The Bertz CT molecular complexity index is 930. The van der Waals surface area contributed by atoms with Crippen molar-refractivity contribution in [2.75, 3.05) is 60.3 Å². The minimum atomic E-state index is -0.00997. The first-order valence-electron chi connectivity index (χ1n) is 26.8. The highest BCUT2D eigenvalue weighted by molar-refractivity contribution is 4.93. The number of allylic oxidation sites excluding steroid dienone is 8. The van der Waals surface area contributed by atoms with Gasteiger partial charge in [0.1, 0.15) is 6.10 Å². The van der Waals surface area contributed by atoms with Gasteiger partial charge >= 0.3 is 0 Å². The van der Waals surface area contributed by atoms with Gasteiger partial charge < -0.3 is 23.8 Å². The molecule has 0 spiro atoms. The zero-order chi connectivity index (χ0) is 44.2. The van der Waals surface area contributed by atoms with Crippen LogP contribution in [0.3, 0.4) is 0 Å². The van der Waals surface area contributed by atoms with E-state index in [0.717, 1.165) is 71.3 Å². The maximum absolute atomic E-state index is 6.45. The summed E-state index contributed by atoms with van der Waals surface area (Å²) in [4.78, 5) is 2.27. The third-order valence-corrected chi connectivity index (χ3v) is 11.6. The van der Waals surface area contributed by atoms with Crippen LogP contribution >= 0.6 is 0 Å². The van der Waals surface area contributed by atoms with Crippen molar-refractivity contribution >= 4 is 0 Å². The lowest BCUT2D eigenvalue weighted by molar-refractivity contribution is -0.0834. The van der Waals surface area contributed by atoms with Crippen LogP contribution in [0.1, 0.15) is 239 Å². The fraction of sp³-hybridized carbons (Fsp3) is 0.857. The fourth-order valence-corrected chi connectivity index (χ4v) is 7.56. The monoisotopic (exact) mass is 858 g/mol.